The van der Waals surface area contributed by atoms with E-state index in [2.05, 4.69) is 12.1 Å². The van der Waals surface area contributed by atoms with Crippen LogP contribution in [0.4, 0.5) is 5.69 Å². The molecule has 0 aromatic heterocycles. The zero-order valence-electron chi connectivity index (χ0n) is 16.8. The first kappa shape index (κ1) is 19.7. The number of benzene rings is 2. The summed E-state index contributed by atoms with van der Waals surface area (Å²) in [7, 11) is 0. The molecule has 0 saturated heterocycles. The lowest BCUT2D eigenvalue weighted by atomic mass is 9.65. The molecule has 1 atom stereocenters. The molecule has 1 amide bonds. The summed E-state index contributed by atoms with van der Waals surface area (Å²) >= 11 is 0. The van der Waals surface area contributed by atoms with Gasteiger partial charge in [0, 0.05) is 24.9 Å². The van der Waals surface area contributed by atoms with Crippen LogP contribution in [0.15, 0.2) is 72.0 Å². The average molecular weight is 397 g/mol. The summed E-state index contributed by atoms with van der Waals surface area (Å²) in [4.78, 5) is 15.5. The van der Waals surface area contributed by atoms with E-state index in [0.717, 1.165) is 11.3 Å². The van der Waals surface area contributed by atoms with E-state index in [1.54, 1.807) is 0 Å². The van der Waals surface area contributed by atoms with Crippen molar-refractivity contribution >= 4 is 11.6 Å². The molecule has 150 valence electrons. The van der Waals surface area contributed by atoms with Crippen LogP contribution in [0.1, 0.15) is 43.7 Å². The maximum absolute atomic E-state index is 13.7. The molecule has 0 fully saturated rings. The van der Waals surface area contributed by atoms with E-state index < -0.39 is 5.41 Å². The van der Waals surface area contributed by atoms with Crippen LogP contribution in [-0.2, 0) is 9.53 Å². The number of ether oxygens (including phenoxy) is 1. The van der Waals surface area contributed by atoms with Crippen molar-refractivity contribution in [1.82, 2.24) is 0 Å². The zero-order chi connectivity index (χ0) is 21.0. The van der Waals surface area contributed by atoms with Crippen LogP contribution < -0.4 is 4.90 Å². The van der Waals surface area contributed by atoms with Gasteiger partial charge in [0.15, 0.2) is 0 Å². The highest BCUT2D eigenvalue weighted by molar-refractivity contribution is 6.08. The van der Waals surface area contributed by atoms with Gasteiger partial charge in [-0.15, -0.1) is 0 Å². The van der Waals surface area contributed by atoms with Gasteiger partial charge in [-0.05, 0) is 30.5 Å². The molecule has 2 aromatic carbocycles. The van der Waals surface area contributed by atoms with Crippen LogP contribution in [0.5, 0.6) is 0 Å². The third-order valence-corrected chi connectivity index (χ3v) is 6.10. The monoisotopic (exact) mass is 397 g/mol. The Bertz CT molecular complexity index is 1010. The molecule has 30 heavy (non-hydrogen) atoms. The Hall–Kier alpha value is -3.57. The van der Waals surface area contributed by atoms with Gasteiger partial charge in [0.25, 0.3) is 5.91 Å². The minimum absolute atomic E-state index is 0.0490. The van der Waals surface area contributed by atoms with E-state index >= 15 is 0 Å². The first-order valence-electron chi connectivity index (χ1n) is 10.3. The van der Waals surface area contributed by atoms with Gasteiger partial charge in [-0.1, -0.05) is 48.5 Å². The topological polar surface area (TPSA) is 77.1 Å². The maximum atomic E-state index is 13.7. The molecule has 2 heterocycles. The van der Waals surface area contributed by atoms with Crippen LogP contribution in [0.25, 0.3) is 0 Å². The molecule has 0 N–H and O–H groups in total. The Kier molecular flexibility index (Phi) is 5.55. The molecule has 5 heteroatoms. The molecule has 4 rings (SSSR count). The van der Waals surface area contributed by atoms with Crippen LogP contribution in [-0.4, -0.2) is 12.5 Å². The van der Waals surface area contributed by atoms with Crippen LogP contribution in [0.2, 0.25) is 0 Å². The fraction of sp³-hybridized carbons (Fsp3) is 0.320. The molecule has 0 radical (unpaired) electrons. The summed E-state index contributed by atoms with van der Waals surface area (Å²) in [6.45, 7) is 0.460. The van der Waals surface area contributed by atoms with Gasteiger partial charge in [-0.2, -0.15) is 10.5 Å². The van der Waals surface area contributed by atoms with Crippen molar-refractivity contribution in [2.24, 2.45) is 5.41 Å². The molecule has 0 saturated carbocycles. The highest BCUT2D eigenvalue weighted by Crippen LogP contribution is 2.57. The van der Waals surface area contributed by atoms with Gasteiger partial charge in [-0.3, -0.25) is 4.79 Å². The molecule has 2 aromatic rings. The first-order valence-corrected chi connectivity index (χ1v) is 10.3. The lowest BCUT2D eigenvalue weighted by molar-refractivity contribution is -0.117. The quantitative estimate of drug-likeness (QED) is 0.684. The summed E-state index contributed by atoms with van der Waals surface area (Å²) in [5.74, 6) is 0.645. The lowest BCUT2D eigenvalue weighted by Gasteiger charge is -2.49. The van der Waals surface area contributed by atoms with Gasteiger partial charge in [0.05, 0.1) is 35.8 Å². The predicted molar refractivity (Wildman–Crippen MR) is 113 cm³/mol. The zero-order valence-corrected chi connectivity index (χ0v) is 16.8. The Morgan fingerprint density at radius 2 is 1.57 bits per heavy atom. The molecule has 0 spiro atoms. The second-order valence-electron chi connectivity index (χ2n) is 7.70. The minimum Gasteiger partial charge on any atom is -0.496 e. The molecular formula is C25H23N3O2. The number of carbonyl (C=O) groups excluding carboxylic acids is 1. The van der Waals surface area contributed by atoms with Gasteiger partial charge < -0.3 is 9.64 Å². The van der Waals surface area contributed by atoms with Crippen molar-refractivity contribution < 1.29 is 9.53 Å². The molecule has 2 aliphatic rings. The molecular weight excluding hydrogens is 374 g/mol. The fourth-order valence-electron chi connectivity index (χ4n) is 4.88. The van der Waals surface area contributed by atoms with E-state index in [-0.39, 0.29) is 11.9 Å². The Balaban J connectivity index is 1.99. The lowest BCUT2D eigenvalue weighted by Crippen LogP contribution is -2.50. The average Bonchev–Trinajstić information content (AvgIpc) is 3.30. The molecule has 2 aliphatic heterocycles. The Morgan fingerprint density at radius 1 is 0.967 bits per heavy atom. The van der Waals surface area contributed by atoms with Crippen LogP contribution in [0.3, 0.4) is 0 Å². The summed E-state index contributed by atoms with van der Waals surface area (Å²) in [6, 6.07) is 23.7. The molecule has 5 nitrogen and oxygen atoms in total. The SMILES string of the molecule is N#CCCC1(CCC#N)C2=C(CCO2)C(=O)N(c2ccccc2)C1c1ccccc1. The van der Waals surface area contributed by atoms with Crippen LogP contribution in [0, 0.1) is 28.1 Å². The Morgan fingerprint density at radius 3 is 2.17 bits per heavy atom. The van der Waals surface area contributed by atoms with Gasteiger partial charge >= 0.3 is 0 Å². The maximum Gasteiger partial charge on any atom is 0.258 e. The third kappa shape index (κ3) is 3.23. The predicted octanol–water partition coefficient (Wildman–Crippen LogP) is 5.04. The third-order valence-electron chi connectivity index (χ3n) is 6.10. The fourth-order valence-corrected chi connectivity index (χ4v) is 4.88. The van der Waals surface area contributed by atoms with E-state index in [1.165, 1.54) is 0 Å². The minimum atomic E-state index is -0.623. The summed E-state index contributed by atoms with van der Waals surface area (Å²) in [5.41, 5.74) is 1.85. The number of anilines is 1. The van der Waals surface area contributed by atoms with Crippen molar-refractivity contribution in [3.8, 4) is 12.1 Å². The number of amides is 1. The molecule has 0 aliphatic carbocycles. The second kappa shape index (κ2) is 8.43. The number of para-hydroxylation sites is 1. The van der Waals surface area contributed by atoms with Gasteiger partial charge in [-0.25, -0.2) is 0 Å². The highest BCUT2D eigenvalue weighted by atomic mass is 16.5. The van der Waals surface area contributed by atoms with Gasteiger partial charge in [0.2, 0.25) is 0 Å². The van der Waals surface area contributed by atoms with Crippen molar-refractivity contribution in [1.29, 1.82) is 10.5 Å². The van der Waals surface area contributed by atoms with E-state index in [1.807, 2.05) is 65.6 Å². The summed E-state index contributed by atoms with van der Waals surface area (Å²) in [6.07, 6.45) is 2.26. The van der Waals surface area contributed by atoms with Crippen molar-refractivity contribution in [2.45, 2.75) is 38.1 Å². The summed E-state index contributed by atoms with van der Waals surface area (Å²) < 4.78 is 6.09. The number of carbonyl (C=O) groups is 1. The second-order valence-corrected chi connectivity index (χ2v) is 7.70. The highest BCUT2D eigenvalue weighted by Gasteiger charge is 2.55. The van der Waals surface area contributed by atoms with Gasteiger partial charge in [0.1, 0.15) is 5.76 Å². The molecule has 0 bridgehead atoms. The number of nitrogens with zero attached hydrogens (tertiary/aromatic N) is 3. The standard InChI is InChI=1S/C25H23N3O2/c26-16-7-14-25(15-8-17-27)22(19-9-3-1-4-10-19)28(20-11-5-2-6-12-20)24(29)21-13-18-30-23(21)25/h1-6,9-12,22H,7-8,13-15,18H2. The number of nitriles is 2. The van der Waals surface area contributed by atoms with Crippen molar-refractivity contribution in [3.05, 3.63) is 77.6 Å². The van der Waals surface area contributed by atoms with Crippen molar-refractivity contribution in [2.75, 3.05) is 11.5 Å². The molecule has 1 unspecified atom stereocenters. The van der Waals surface area contributed by atoms with E-state index in [0.29, 0.717) is 50.0 Å². The summed E-state index contributed by atoms with van der Waals surface area (Å²) in [5, 5.41) is 18.8. The Labute approximate surface area is 176 Å². The van der Waals surface area contributed by atoms with Crippen molar-refractivity contribution in [3.63, 3.8) is 0 Å². The number of hydrogen-bond donors (Lipinski definition) is 0. The van der Waals surface area contributed by atoms with Crippen LogP contribution >= 0.6 is 0 Å². The van der Waals surface area contributed by atoms with E-state index in [4.69, 9.17) is 4.74 Å². The van der Waals surface area contributed by atoms with E-state index in [9.17, 15) is 15.3 Å². The number of hydrogen-bond acceptors (Lipinski definition) is 4. The normalized spacial score (nSPS) is 19.6. The largest absolute Gasteiger partial charge is 0.496 e. The smallest absolute Gasteiger partial charge is 0.258 e. The number of rotatable bonds is 6. The first-order chi connectivity index (χ1) is 14.7.